The average Bonchev–Trinajstić information content (AvgIpc) is 2.75. The number of carboxylic acids is 1. The maximum absolute atomic E-state index is 12.2. The molecule has 1 N–H and O–H groups in total. The van der Waals surface area contributed by atoms with E-state index in [1.807, 2.05) is 13.8 Å². The van der Waals surface area contributed by atoms with E-state index >= 15 is 0 Å². The van der Waals surface area contributed by atoms with Crippen LogP contribution < -0.4 is 0 Å². The van der Waals surface area contributed by atoms with Gasteiger partial charge in [-0.1, -0.05) is 0 Å². The number of amides is 1. The molecule has 3 atom stereocenters. The lowest BCUT2D eigenvalue weighted by atomic mass is 10.2. The van der Waals surface area contributed by atoms with E-state index in [2.05, 4.69) is 0 Å². The Labute approximate surface area is 113 Å². The van der Waals surface area contributed by atoms with Crippen molar-refractivity contribution in [3.05, 3.63) is 0 Å². The first kappa shape index (κ1) is 14.3. The molecule has 2 rings (SSSR count). The third-order valence-electron chi connectivity index (χ3n) is 3.76. The van der Waals surface area contributed by atoms with Gasteiger partial charge in [-0.25, -0.2) is 0 Å². The van der Waals surface area contributed by atoms with Crippen LogP contribution in [0, 0.1) is 0 Å². The first-order chi connectivity index (χ1) is 8.97. The smallest absolute Gasteiger partial charge is 0.320 e. The van der Waals surface area contributed by atoms with E-state index in [0.29, 0.717) is 26.1 Å². The number of hydrogen-bond donors (Lipinski definition) is 1. The van der Waals surface area contributed by atoms with Gasteiger partial charge in [0, 0.05) is 13.1 Å². The zero-order chi connectivity index (χ0) is 14.0. The van der Waals surface area contributed by atoms with Crippen LogP contribution in [0.15, 0.2) is 0 Å². The van der Waals surface area contributed by atoms with Gasteiger partial charge in [-0.05, 0) is 33.2 Å². The number of likely N-dealkylation sites (tertiary alicyclic amines) is 1. The van der Waals surface area contributed by atoms with Crippen molar-refractivity contribution >= 4 is 11.9 Å². The molecular weight excluding hydrogens is 248 g/mol. The summed E-state index contributed by atoms with van der Waals surface area (Å²) in [5.41, 5.74) is 0. The number of carboxylic acid groups (broad SMARTS) is 1. The molecule has 0 aromatic heterocycles. The number of aliphatic carboxylic acids is 1. The number of rotatable bonds is 3. The van der Waals surface area contributed by atoms with Gasteiger partial charge in [-0.2, -0.15) is 0 Å². The molecule has 2 fully saturated rings. The van der Waals surface area contributed by atoms with Crippen molar-refractivity contribution in [3.63, 3.8) is 0 Å². The van der Waals surface area contributed by atoms with Gasteiger partial charge in [0.05, 0.1) is 18.8 Å². The lowest BCUT2D eigenvalue weighted by Crippen LogP contribution is -2.52. The zero-order valence-corrected chi connectivity index (χ0v) is 11.5. The summed E-state index contributed by atoms with van der Waals surface area (Å²) in [6.45, 7) is 5.98. The molecule has 2 aliphatic heterocycles. The van der Waals surface area contributed by atoms with E-state index in [-0.39, 0.29) is 24.7 Å². The Morgan fingerprint density at radius 3 is 2.47 bits per heavy atom. The molecule has 0 spiro atoms. The van der Waals surface area contributed by atoms with Crippen LogP contribution in [0.25, 0.3) is 0 Å². The van der Waals surface area contributed by atoms with E-state index in [4.69, 9.17) is 9.84 Å². The first-order valence-electron chi connectivity index (χ1n) is 6.87. The summed E-state index contributed by atoms with van der Waals surface area (Å²) >= 11 is 0. The number of morpholine rings is 1. The largest absolute Gasteiger partial charge is 0.480 e. The minimum absolute atomic E-state index is 0.00940. The Balaban J connectivity index is 1.91. The average molecular weight is 270 g/mol. The van der Waals surface area contributed by atoms with Crippen molar-refractivity contribution in [3.8, 4) is 0 Å². The minimum atomic E-state index is -0.825. The van der Waals surface area contributed by atoms with E-state index in [0.717, 1.165) is 6.42 Å². The van der Waals surface area contributed by atoms with E-state index in [9.17, 15) is 9.59 Å². The number of hydrogen-bond acceptors (Lipinski definition) is 4. The predicted molar refractivity (Wildman–Crippen MR) is 68.8 cm³/mol. The normalized spacial score (nSPS) is 32.5. The molecule has 0 aromatic carbocycles. The van der Waals surface area contributed by atoms with Crippen molar-refractivity contribution in [2.75, 3.05) is 26.2 Å². The molecule has 0 saturated carbocycles. The Morgan fingerprint density at radius 2 is 1.89 bits per heavy atom. The van der Waals surface area contributed by atoms with Gasteiger partial charge in [0.2, 0.25) is 5.91 Å². The number of nitrogens with zero attached hydrogens (tertiary/aromatic N) is 2. The van der Waals surface area contributed by atoms with Crippen LogP contribution in [0.4, 0.5) is 0 Å². The van der Waals surface area contributed by atoms with Gasteiger partial charge in [0.15, 0.2) is 0 Å². The molecule has 6 heteroatoms. The van der Waals surface area contributed by atoms with Crippen molar-refractivity contribution in [2.45, 2.75) is 44.9 Å². The number of carbonyl (C=O) groups excluding carboxylic acids is 1. The fraction of sp³-hybridized carbons (Fsp3) is 0.846. The summed E-state index contributed by atoms with van der Waals surface area (Å²) in [4.78, 5) is 26.9. The molecule has 2 heterocycles. The summed E-state index contributed by atoms with van der Waals surface area (Å²) < 4.78 is 5.59. The summed E-state index contributed by atoms with van der Waals surface area (Å²) in [5, 5.41) is 9.10. The molecule has 19 heavy (non-hydrogen) atoms. The molecule has 2 saturated heterocycles. The molecule has 6 nitrogen and oxygen atoms in total. The molecule has 0 radical (unpaired) electrons. The maximum atomic E-state index is 12.2. The lowest BCUT2D eigenvalue weighted by molar-refractivity contribution is -0.147. The van der Waals surface area contributed by atoms with Crippen LogP contribution >= 0.6 is 0 Å². The van der Waals surface area contributed by atoms with Gasteiger partial charge in [-0.15, -0.1) is 0 Å². The van der Waals surface area contributed by atoms with Crippen molar-refractivity contribution in [1.82, 2.24) is 9.80 Å². The van der Waals surface area contributed by atoms with Crippen molar-refractivity contribution in [2.24, 2.45) is 0 Å². The Bertz CT molecular complexity index is 351. The highest BCUT2D eigenvalue weighted by atomic mass is 16.5. The van der Waals surface area contributed by atoms with Gasteiger partial charge in [0.1, 0.15) is 6.04 Å². The third kappa shape index (κ3) is 3.45. The van der Waals surface area contributed by atoms with E-state index < -0.39 is 12.0 Å². The van der Waals surface area contributed by atoms with Crippen molar-refractivity contribution < 1.29 is 19.4 Å². The fourth-order valence-corrected chi connectivity index (χ4v) is 2.95. The molecular formula is C13H22N2O4. The third-order valence-corrected chi connectivity index (χ3v) is 3.76. The highest BCUT2D eigenvalue weighted by Gasteiger charge is 2.34. The van der Waals surface area contributed by atoms with Crippen LogP contribution in [-0.4, -0.2) is 71.2 Å². The number of carbonyl (C=O) groups is 2. The van der Waals surface area contributed by atoms with Crippen LogP contribution in [0.3, 0.4) is 0 Å². The maximum Gasteiger partial charge on any atom is 0.320 e. The van der Waals surface area contributed by atoms with Crippen LogP contribution in [0.2, 0.25) is 0 Å². The summed E-state index contributed by atoms with van der Waals surface area (Å²) in [6, 6.07) is -0.500. The molecule has 0 aliphatic carbocycles. The highest BCUT2D eigenvalue weighted by molar-refractivity contribution is 5.80. The van der Waals surface area contributed by atoms with Gasteiger partial charge < -0.3 is 14.7 Å². The van der Waals surface area contributed by atoms with E-state index in [1.54, 1.807) is 9.80 Å². The van der Waals surface area contributed by atoms with Crippen LogP contribution in [0.1, 0.15) is 26.7 Å². The molecule has 2 unspecified atom stereocenters. The fourth-order valence-electron chi connectivity index (χ4n) is 2.95. The summed E-state index contributed by atoms with van der Waals surface area (Å²) in [5.74, 6) is -0.816. The molecule has 0 bridgehead atoms. The Kier molecular flexibility index (Phi) is 4.42. The predicted octanol–water partition coefficient (Wildman–Crippen LogP) is 0.171. The Hall–Kier alpha value is -1.14. The van der Waals surface area contributed by atoms with Gasteiger partial charge in [-0.3, -0.25) is 14.5 Å². The van der Waals surface area contributed by atoms with E-state index in [1.165, 1.54) is 0 Å². The quantitative estimate of drug-likeness (QED) is 0.791. The Morgan fingerprint density at radius 1 is 1.26 bits per heavy atom. The second-order valence-electron chi connectivity index (χ2n) is 5.52. The zero-order valence-electron chi connectivity index (χ0n) is 11.5. The minimum Gasteiger partial charge on any atom is -0.480 e. The van der Waals surface area contributed by atoms with Crippen molar-refractivity contribution in [1.29, 1.82) is 0 Å². The lowest BCUT2D eigenvalue weighted by Gasteiger charge is -2.36. The second kappa shape index (κ2) is 5.88. The topological polar surface area (TPSA) is 70.1 Å². The molecule has 108 valence electrons. The van der Waals surface area contributed by atoms with Crippen LogP contribution in [-0.2, 0) is 14.3 Å². The first-order valence-corrected chi connectivity index (χ1v) is 6.87. The highest BCUT2D eigenvalue weighted by Crippen LogP contribution is 2.18. The molecule has 1 amide bonds. The van der Waals surface area contributed by atoms with Gasteiger partial charge in [0.25, 0.3) is 0 Å². The monoisotopic (exact) mass is 270 g/mol. The summed E-state index contributed by atoms with van der Waals surface area (Å²) in [6.07, 6.45) is 1.57. The van der Waals surface area contributed by atoms with Crippen LogP contribution in [0.5, 0.6) is 0 Å². The second-order valence-corrected chi connectivity index (χ2v) is 5.52. The summed E-state index contributed by atoms with van der Waals surface area (Å²) in [7, 11) is 0. The SMILES string of the molecule is CC1CN(C(=O)CN2CCC[C@@H]2C(=O)O)CC(C)O1. The molecule has 0 aromatic rings. The van der Waals surface area contributed by atoms with Gasteiger partial charge >= 0.3 is 5.97 Å². The number of ether oxygens (including phenoxy) is 1. The standard InChI is InChI=1S/C13H22N2O4/c1-9-6-15(7-10(2)19-9)12(16)8-14-5-3-4-11(14)13(17)18/h9-11H,3-8H2,1-2H3,(H,17,18)/t9?,10?,11-/m1/s1. The molecule has 2 aliphatic rings.